The van der Waals surface area contributed by atoms with Crippen LogP contribution >= 0.6 is 0 Å². The van der Waals surface area contributed by atoms with Gasteiger partial charge in [-0.2, -0.15) is 4.31 Å². The first-order valence-electron chi connectivity index (χ1n) is 8.62. The quantitative estimate of drug-likeness (QED) is 0.801. The first-order valence-corrected chi connectivity index (χ1v) is 10.1. The Morgan fingerprint density at radius 3 is 2.79 bits per heavy atom. The maximum atomic E-state index is 13.1. The molecule has 0 unspecified atom stereocenters. The van der Waals surface area contributed by atoms with Crippen molar-refractivity contribution in [3.8, 4) is 0 Å². The number of carbonyl (C=O) groups excluding carboxylic acids is 1. The largest absolute Gasteiger partial charge is 0.312 e. The van der Waals surface area contributed by atoms with E-state index in [1.165, 1.54) is 6.92 Å². The third-order valence-corrected chi connectivity index (χ3v) is 7.38. The highest BCUT2D eigenvalue weighted by molar-refractivity contribution is 7.89. The first kappa shape index (κ1) is 16.1. The van der Waals surface area contributed by atoms with Crippen molar-refractivity contribution in [2.45, 2.75) is 37.1 Å². The van der Waals surface area contributed by atoms with Crippen LogP contribution in [-0.2, 0) is 21.2 Å². The maximum absolute atomic E-state index is 13.1. The van der Waals surface area contributed by atoms with Crippen molar-refractivity contribution in [1.29, 1.82) is 0 Å². The highest BCUT2D eigenvalue weighted by Crippen LogP contribution is 2.32. The molecule has 7 heteroatoms. The van der Waals surface area contributed by atoms with Crippen LogP contribution in [0.2, 0.25) is 0 Å². The molecule has 3 heterocycles. The molecular formula is C17H23N3O3S. The molecule has 0 N–H and O–H groups in total. The molecule has 2 saturated heterocycles. The third kappa shape index (κ3) is 2.55. The van der Waals surface area contributed by atoms with Gasteiger partial charge in [0.1, 0.15) is 0 Å². The predicted octanol–water partition coefficient (Wildman–Crippen LogP) is 1.06. The number of rotatable bonds is 2. The zero-order chi connectivity index (χ0) is 16.9. The number of sulfonamides is 1. The zero-order valence-corrected chi connectivity index (χ0v) is 14.8. The van der Waals surface area contributed by atoms with E-state index in [1.54, 1.807) is 21.3 Å². The molecule has 3 aliphatic heterocycles. The molecule has 0 bridgehead atoms. The molecule has 3 aliphatic rings. The Balaban J connectivity index is 1.63. The third-order valence-electron chi connectivity index (χ3n) is 5.52. The second-order valence-corrected chi connectivity index (χ2v) is 8.84. The average Bonchev–Trinajstić information content (AvgIpc) is 3.19. The van der Waals surface area contributed by atoms with Crippen molar-refractivity contribution in [2.75, 3.05) is 37.6 Å². The van der Waals surface area contributed by atoms with Gasteiger partial charge in [0.05, 0.1) is 4.90 Å². The Kier molecular flexibility index (Phi) is 3.89. The van der Waals surface area contributed by atoms with E-state index in [-0.39, 0.29) is 5.91 Å². The lowest BCUT2D eigenvalue weighted by molar-refractivity contribution is -0.116. The van der Waals surface area contributed by atoms with Crippen molar-refractivity contribution < 1.29 is 13.2 Å². The minimum Gasteiger partial charge on any atom is -0.312 e. The Morgan fingerprint density at radius 2 is 2.00 bits per heavy atom. The number of fused-ring (bicyclic) bond motifs is 2. The fourth-order valence-electron chi connectivity index (χ4n) is 4.18. The molecule has 0 aromatic heterocycles. The summed E-state index contributed by atoms with van der Waals surface area (Å²) in [6.45, 7) is 5.19. The van der Waals surface area contributed by atoms with Gasteiger partial charge in [0.15, 0.2) is 0 Å². The lowest BCUT2D eigenvalue weighted by Crippen LogP contribution is -2.51. The van der Waals surface area contributed by atoms with Crippen LogP contribution in [0.1, 0.15) is 25.3 Å². The smallest absolute Gasteiger partial charge is 0.243 e. The van der Waals surface area contributed by atoms with E-state index >= 15 is 0 Å². The van der Waals surface area contributed by atoms with Crippen LogP contribution in [0.15, 0.2) is 23.1 Å². The monoisotopic (exact) mass is 349 g/mol. The Bertz CT molecular complexity index is 777. The molecule has 1 atom stereocenters. The number of hydrogen-bond donors (Lipinski definition) is 0. The number of carbonyl (C=O) groups is 1. The Labute approximate surface area is 143 Å². The molecule has 1 amide bonds. The molecule has 1 aromatic carbocycles. The van der Waals surface area contributed by atoms with Crippen molar-refractivity contribution in [3.05, 3.63) is 23.8 Å². The molecule has 0 aliphatic carbocycles. The topological polar surface area (TPSA) is 60.9 Å². The van der Waals surface area contributed by atoms with Gasteiger partial charge in [0.2, 0.25) is 15.9 Å². The van der Waals surface area contributed by atoms with E-state index in [4.69, 9.17) is 0 Å². The minimum atomic E-state index is -3.50. The van der Waals surface area contributed by atoms with Crippen LogP contribution in [-0.4, -0.2) is 62.3 Å². The standard InChI is InChI=1S/C17H23N3O3S/c1-13(21)20-8-6-14-4-5-16(11-17(14)20)24(22,23)19-10-9-18-7-2-3-15(18)12-19/h4-5,11,15H,2-3,6-10,12H2,1H3/t15-/m1/s1. The van der Waals surface area contributed by atoms with Gasteiger partial charge in [-0.05, 0) is 43.5 Å². The highest BCUT2D eigenvalue weighted by atomic mass is 32.2. The lowest BCUT2D eigenvalue weighted by Gasteiger charge is -2.36. The highest BCUT2D eigenvalue weighted by Gasteiger charge is 2.36. The minimum absolute atomic E-state index is 0.0390. The summed E-state index contributed by atoms with van der Waals surface area (Å²) < 4.78 is 27.7. The van der Waals surface area contributed by atoms with E-state index < -0.39 is 10.0 Å². The van der Waals surface area contributed by atoms with Crippen molar-refractivity contribution in [1.82, 2.24) is 9.21 Å². The molecule has 4 rings (SSSR count). The van der Waals surface area contributed by atoms with Gasteiger partial charge in [-0.1, -0.05) is 6.07 Å². The summed E-state index contributed by atoms with van der Waals surface area (Å²) in [5, 5.41) is 0. The first-order chi connectivity index (χ1) is 11.5. The average molecular weight is 349 g/mol. The Morgan fingerprint density at radius 1 is 1.17 bits per heavy atom. The molecule has 24 heavy (non-hydrogen) atoms. The van der Waals surface area contributed by atoms with Crippen LogP contribution in [0.3, 0.4) is 0 Å². The van der Waals surface area contributed by atoms with E-state index in [1.807, 2.05) is 6.07 Å². The number of benzene rings is 1. The van der Waals surface area contributed by atoms with Gasteiger partial charge in [-0.25, -0.2) is 8.42 Å². The van der Waals surface area contributed by atoms with Gasteiger partial charge in [-0.3, -0.25) is 9.69 Å². The summed E-state index contributed by atoms with van der Waals surface area (Å²) in [7, 11) is -3.50. The summed E-state index contributed by atoms with van der Waals surface area (Å²) in [4.78, 5) is 16.1. The van der Waals surface area contributed by atoms with Gasteiger partial charge < -0.3 is 4.90 Å². The number of nitrogens with zero attached hydrogens (tertiary/aromatic N) is 3. The van der Waals surface area contributed by atoms with Crippen LogP contribution in [0, 0.1) is 0 Å². The number of hydrogen-bond acceptors (Lipinski definition) is 4. The SMILES string of the molecule is CC(=O)N1CCc2ccc(S(=O)(=O)N3CCN4CCC[C@@H]4C3)cc21. The number of anilines is 1. The summed E-state index contributed by atoms with van der Waals surface area (Å²) in [6, 6.07) is 5.59. The van der Waals surface area contributed by atoms with E-state index in [0.29, 0.717) is 30.6 Å². The molecule has 1 aromatic rings. The molecule has 2 fully saturated rings. The molecule has 6 nitrogen and oxygen atoms in total. The van der Waals surface area contributed by atoms with Crippen LogP contribution in [0.25, 0.3) is 0 Å². The second-order valence-electron chi connectivity index (χ2n) is 6.91. The van der Waals surface area contributed by atoms with E-state index in [0.717, 1.165) is 43.6 Å². The van der Waals surface area contributed by atoms with Crippen molar-refractivity contribution in [2.24, 2.45) is 0 Å². The van der Waals surface area contributed by atoms with E-state index in [2.05, 4.69) is 4.90 Å². The van der Waals surface area contributed by atoms with Gasteiger partial charge in [0, 0.05) is 44.8 Å². The molecule has 0 radical (unpaired) electrons. The van der Waals surface area contributed by atoms with Crippen LogP contribution in [0.5, 0.6) is 0 Å². The zero-order valence-electron chi connectivity index (χ0n) is 13.9. The van der Waals surface area contributed by atoms with Gasteiger partial charge in [-0.15, -0.1) is 0 Å². The van der Waals surface area contributed by atoms with Crippen LogP contribution in [0.4, 0.5) is 5.69 Å². The van der Waals surface area contributed by atoms with Crippen molar-refractivity contribution in [3.63, 3.8) is 0 Å². The predicted molar refractivity (Wildman–Crippen MR) is 91.5 cm³/mol. The lowest BCUT2D eigenvalue weighted by atomic mass is 10.2. The number of amides is 1. The molecule has 0 spiro atoms. The summed E-state index contributed by atoms with van der Waals surface area (Å²) in [6.07, 6.45) is 3.02. The molecular weight excluding hydrogens is 326 g/mol. The summed E-state index contributed by atoms with van der Waals surface area (Å²) in [5.41, 5.74) is 1.80. The van der Waals surface area contributed by atoms with Crippen LogP contribution < -0.4 is 4.90 Å². The number of piperazine rings is 1. The molecule has 130 valence electrons. The normalized spacial score (nSPS) is 24.9. The maximum Gasteiger partial charge on any atom is 0.243 e. The van der Waals surface area contributed by atoms with Gasteiger partial charge >= 0.3 is 0 Å². The Hall–Kier alpha value is -1.44. The summed E-state index contributed by atoms with van der Waals surface area (Å²) >= 11 is 0. The van der Waals surface area contributed by atoms with Gasteiger partial charge in [0.25, 0.3) is 0 Å². The fourth-order valence-corrected chi connectivity index (χ4v) is 5.67. The molecule has 0 saturated carbocycles. The summed E-state index contributed by atoms with van der Waals surface area (Å²) in [5.74, 6) is -0.0390. The van der Waals surface area contributed by atoms with Crippen molar-refractivity contribution >= 4 is 21.6 Å². The fraction of sp³-hybridized carbons (Fsp3) is 0.588. The van der Waals surface area contributed by atoms with E-state index in [9.17, 15) is 13.2 Å². The second kappa shape index (κ2) is 5.82.